The zero-order valence-electron chi connectivity index (χ0n) is 18.2. The van der Waals surface area contributed by atoms with Crippen molar-refractivity contribution in [3.05, 3.63) is 87.5 Å². The van der Waals surface area contributed by atoms with Crippen molar-refractivity contribution in [2.75, 3.05) is 0 Å². The van der Waals surface area contributed by atoms with Crippen LogP contribution in [-0.2, 0) is 12.7 Å². The van der Waals surface area contributed by atoms with Gasteiger partial charge in [-0.05, 0) is 42.3 Å². The summed E-state index contributed by atoms with van der Waals surface area (Å²) in [6.45, 7) is -0.481. The summed E-state index contributed by atoms with van der Waals surface area (Å²) in [4.78, 5) is 27.8. The molecular formula is C23H14ClF6N5O2. The van der Waals surface area contributed by atoms with Gasteiger partial charge in [-0.25, -0.2) is 23.4 Å². The SMILES string of the molecule is NC#Cc1c(F)cc(Cl)cc1-c1cnc(CNC(=O)NNC(=O)c2cc(F)cc(C(F)(F)F)c2)c(F)c1. The molecule has 0 bridgehead atoms. The number of hydrogen-bond donors (Lipinski definition) is 4. The maximum absolute atomic E-state index is 14.6. The molecule has 0 radical (unpaired) electrons. The molecule has 3 rings (SSSR count). The Hall–Kier alpha value is -4.44. The topological polar surface area (TPSA) is 109 Å². The Morgan fingerprint density at radius 2 is 1.73 bits per heavy atom. The van der Waals surface area contributed by atoms with Crippen molar-refractivity contribution in [2.45, 2.75) is 12.7 Å². The highest BCUT2D eigenvalue weighted by Gasteiger charge is 2.32. The third-order valence-corrected chi connectivity index (χ3v) is 4.89. The number of benzene rings is 2. The van der Waals surface area contributed by atoms with E-state index in [1.54, 1.807) is 5.43 Å². The van der Waals surface area contributed by atoms with Crippen LogP contribution in [0.15, 0.2) is 42.6 Å². The third kappa shape index (κ3) is 6.83. The average Bonchev–Trinajstić information content (AvgIpc) is 2.82. The van der Waals surface area contributed by atoms with Crippen LogP contribution in [0.5, 0.6) is 0 Å². The maximum Gasteiger partial charge on any atom is 0.416 e. The van der Waals surface area contributed by atoms with Crippen LogP contribution in [0.3, 0.4) is 0 Å². The molecule has 0 spiro atoms. The van der Waals surface area contributed by atoms with Crippen molar-refractivity contribution in [2.24, 2.45) is 5.73 Å². The highest BCUT2D eigenvalue weighted by molar-refractivity contribution is 6.31. The minimum Gasteiger partial charge on any atom is -0.359 e. The van der Waals surface area contributed by atoms with Gasteiger partial charge in [0.1, 0.15) is 17.5 Å². The van der Waals surface area contributed by atoms with Crippen molar-refractivity contribution in [3.63, 3.8) is 0 Å². The number of alkyl halides is 3. The average molecular weight is 542 g/mol. The molecule has 0 fully saturated rings. The molecule has 1 aromatic heterocycles. The third-order valence-electron chi connectivity index (χ3n) is 4.67. The predicted octanol–water partition coefficient (Wildman–Crippen LogP) is 4.25. The minimum absolute atomic E-state index is 0.0211. The number of halogens is 7. The van der Waals surface area contributed by atoms with E-state index in [4.69, 9.17) is 17.3 Å². The molecule has 7 nitrogen and oxygen atoms in total. The number of hydrazine groups is 1. The fourth-order valence-corrected chi connectivity index (χ4v) is 3.23. The van der Waals surface area contributed by atoms with Gasteiger partial charge in [0.25, 0.3) is 5.91 Å². The standard InChI is InChI=1S/C23H14ClF6N5O2/c24-14-7-17(16(1-2-31)18(26)8-14)12-5-19(27)20(32-9-12)10-33-22(37)35-34-21(36)11-3-13(23(28,29)30)6-15(25)4-11/h3-9H,10,31H2,(H,34,36)(H2,33,35,37). The van der Waals surface area contributed by atoms with Crippen LogP contribution in [0.25, 0.3) is 11.1 Å². The number of nitrogens with two attached hydrogens (primary N) is 1. The van der Waals surface area contributed by atoms with E-state index >= 15 is 0 Å². The zero-order chi connectivity index (χ0) is 27.3. The van der Waals surface area contributed by atoms with E-state index in [2.05, 4.69) is 22.3 Å². The second-order valence-corrected chi connectivity index (χ2v) is 7.66. The van der Waals surface area contributed by atoms with Crippen LogP contribution in [-0.4, -0.2) is 16.9 Å². The van der Waals surface area contributed by atoms with E-state index in [1.807, 2.05) is 5.43 Å². The number of urea groups is 1. The highest BCUT2D eigenvalue weighted by atomic mass is 35.5. The summed E-state index contributed by atoms with van der Waals surface area (Å²) >= 11 is 5.87. The molecule has 14 heteroatoms. The molecule has 5 N–H and O–H groups in total. The molecule has 37 heavy (non-hydrogen) atoms. The van der Waals surface area contributed by atoms with E-state index in [0.717, 1.165) is 12.1 Å². The number of carbonyl (C=O) groups excluding carboxylic acids is 2. The van der Waals surface area contributed by atoms with Crippen LogP contribution in [0, 0.1) is 29.4 Å². The zero-order valence-corrected chi connectivity index (χ0v) is 19.0. The summed E-state index contributed by atoms with van der Waals surface area (Å²) in [5.41, 5.74) is 6.55. The molecular weight excluding hydrogens is 528 g/mol. The van der Waals surface area contributed by atoms with Crippen LogP contribution in [0.1, 0.15) is 27.2 Å². The fourth-order valence-electron chi connectivity index (χ4n) is 3.02. The number of hydrogen-bond acceptors (Lipinski definition) is 4. The number of amides is 3. The normalized spacial score (nSPS) is 10.8. The van der Waals surface area contributed by atoms with Gasteiger partial charge >= 0.3 is 12.2 Å². The molecule has 2 aromatic carbocycles. The second-order valence-electron chi connectivity index (χ2n) is 7.22. The number of pyridine rings is 1. The molecule has 0 aliphatic rings. The number of carbonyl (C=O) groups is 2. The van der Waals surface area contributed by atoms with Crippen molar-refractivity contribution in [1.29, 1.82) is 0 Å². The lowest BCUT2D eigenvalue weighted by Gasteiger charge is -2.12. The predicted molar refractivity (Wildman–Crippen MR) is 120 cm³/mol. The summed E-state index contributed by atoms with van der Waals surface area (Å²) in [5, 5.41) is 2.18. The summed E-state index contributed by atoms with van der Waals surface area (Å²) in [6, 6.07) is 5.47. The molecule has 1 heterocycles. The summed E-state index contributed by atoms with van der Waals surface area (Å²) < 4.78 is 80.6. The molecule has 3 amide bonds. The Balaban J connectivity index is 1.65. The molecule has 192 valence electrons. The first-order valence-electron chi connectivity index (χ1n) is 9.96. The molecule has 0 aliphatic heterocycles. The largest absolute Gasteiger partial charge is 0.416 e. The van der Waals surface area contributed by atoms with Crippen molar-refractivity contribution in [3.8, 4) is 23.1 Å². The number of nitrogens with one attached hydrogen (secondary N) is 3. The van der Waals surface area contributed by atoms with Crippen LogP contribution in [0.4, 0.5) is 31.1 Å². The monoisotopic (exact) mass is 541 g/mol. The Morgan fingerprint density at radius 1 is 1.00 bits per heavy atom. The lowest BCUT2D eigenvalue weighted by atomic mass is 10.0. The lowest BCUT2D eigenvalue weighted by molar-refractivity contribution is -0.137. The Kier molecular flexibility index (Phi) is 8.14. The Morgan fingerprint density at radius 3 is 2.38 bits per heavy atom. The van der Waals surface area contributed by atoms with Gasteiger partial charge in [0.15, 0.2) is 0 Å². The molecule has 0 aliphatic carbocycles. The quantitative estimate of drug-likeness (QED) is 0.171. The fraction of sp³-hybridized carbons (Fsp3) is 0.0870. The van der Waals surface area contributed by atoms with E-state index in [0.29, 0.717) is 12.1 Å². The summed E-state index contributed by atoms with van der Waals surface area (Å²) in [6.07, 6.45) is -3.72. The van der Waals surface area contributed by atoms with E-state index < -0.39 is 53.2 Å². The van der Waals surface area contributed by atoms with E-state index in [9.17, 15) is 35.9 Å². The molecule has 0 saturated heterocycles. The molecule has 0 saturated carbocycles. The van der Waals surface area contributed by atoms with Crippen LogP contribution < -0.4 is 21.9 Å². The van der Waals surface area contributed by atoms with E-state index in [-0.39, 0.29) is 33.5 Å². The Labute approximate surface area is 210 Å². The molecule has 3 aromatic rings. The smallest absolute Gasteiger partial charge is 0.359 e. The van der Waals surface area contributed by atoms with Crippen molar-refractivity contribution >= 4 is 23.5 Å². The second kappa shape index (κ2) is 11.1. The van der Waals surface area contributed by atoms with Gasteiger partial charge < -0.3 is 11.1 Å². The number of rotatable bonds is 4. The van der Waals surface area contributed by atoms with Crippen LogP contribution in [0.2, 0.25) is 5.02 Å². The van der Waals surface area contributed by atoms with E-state index in [1.165, 1.54) is 12.3 Å². The van der Waals surface area contributed by atoms with Gasteiger partial charge in [0, 0.05) is 34.0 Å². The van der Waals surface area contributed by atoms with Crippen LogP contribution >= 0.6 is 11.6 Å². The molecule has 0 unspecified atom stereocenters. The van der Waals surface area contributed by atoms with Gasteiger partial charge in [-0.15, -0.1) is 0 Å². The van der Waals surface area contributed by atoms with Gasteiger partial charge in [0.05, 0.1) is 23.4 Å². The van der Waals surface area contributed by atoms with Gasteiger partial charge in [-0.1, -0.05) is 11.6 Å². The van der Waals surface area contributed by atoms with Gasteiger partial charge in [-0.3, -0.25) is 15.2 Å². The van der Waals surface area contributed by atoms with Crippen molar-refractivity contribution in [1.82, 2.24) is 21.2 Å². The van der Waals surface area contributed by atoms with Gasteiger partial charge in [0.2, 0.25) is 0 Å². The minimum atomic E-state index is -4.89. The summed E-state index contributed by atoms with van der Waals surface area (Å²) in [7, 11) is 0. The summed E-state index contributed by atoms with van der Waals surface area (Å²) in [5.74, 6) is -1.86. The Bertz CT molecular complexity index is 1440. The van der Waals surface area contributed by atoms with Gasteiger partial charge in [-0.2, -0.15) is 13.2 Å². The molecule has 0 atom stereocenters. The first kappa shape index (κ1) is 27.2. The lowest BCUT2D eigenvalue weighted by Crippen LogP contribution is -2.46. The highest BCUT2D eigenvalue weighted by Crippen LogP contribution is 2.31. The van der Waals surface area contributed by atoms with Crippen molar-refractivity contribution < 1.29 is 35.9 Å². The first-order chi connectivity index (χ1) is 17.4. The first-order valence-corrected chi connectivity index (χ1v) is 10.3. The number of aromatic nitrogens is 1. The maximum atomic E-state index is 14.6. The number of nitrogens with zero attached hydrogens (tertiary/aromatic N) is 1.